The summed E-state index contributed by atoms with van der Waals surface area (Å²) in [5.41, 5.74) is 1.98. The lowest BCUT2D eigenvalue weighted by Crippen LogP contribution is -2.20. The fourth-order valence-corrected chi connectivity index (χ4v) is 4.14. The lowest BCUT2D eigenvalue weighted by molar-refractivity contribution is 0.0729. The number of benzene rings is 4. The van der Waals surface area contributed by atoms with Crippen molar-refractivity contribution < 1.29 is 19.0 Å². The van der Waals surface area contributed by atoms with Crippen LogP contribution in [0.2, 0.25) is 0 Å². The summed E-state index contributed by atoms with van der Waals surface area (Å²) in [6.07, 6.45) is 1.52. The van der Waals surface area contributed by atoms with Crippen LogP contribution in [-0.4, -0.2) is 36.1 Å². The summed E-state index contributed by atoms with van der Waals surface area (Å²) in [4.78, 5) is 30.7. The zero-order valence-corrected chi connectivity index (χ0v) is 22.6. The number of carbonyl (C=O) groups excluding carboxylic acids is 1. The van der Waals surface area contributed by atoms with Gasteiger partial charge in [-0.15, -0.1) is 0 Å². The molecule has 0 aliphatic carbocycles. The molecular weight excluding hydrogens is 562 g/mol. The van der Waals surface area contributed by atoms with Crippen LogP contribution in [0.15, 0.2) is 105 Å². The molecule has 194 valence electrons. The number of aromatic nitrogens is 2. The van der Waals surface area contributed by atoms with E-state index in [4.69, 9.17) is 19.2 Å². The zero-order valence-electron chi connectivity index (χ0n) is 21.0. The monoisotopic (exact) mass is 583 g/mol. The number of halogens is 1. The molecule has 0 saturated heterocycles. The number of rotatable bonds is 7. The first-order valence-corrected chi connectivity index (χ1v) is 12.6. The molecule has 0 bridgehead atoms. The van der Waals surface area contributed by atoms with Crippen LogP contribution >= 0.6 is 15.9 Å². The maximum atomic E-state index is 13.4. The van der Waals surface area contributed by atoms with E-state index in [-0.39, 0.29) is 11.3 Å². The van der Waals surface area contributed by atoms with E-state index in [2.05, 4.69) is 21.0 Å². The number of para-hydroxylation sites is 1. The molecule has 1 aromatic heterocycles. The Hall–Kier alpha value is -4.76. The molecule has 9 heteroatoms. The molecule has 5 rings (SSSR count). The molecule has 4 aromatic carbocycles. The van der Waals surface area contributed by atoms with Gasteiger partial charge in [0.25, 0.3) is 5.56 Å². The largest absolute Gasteiger partial charge is 0.497 e. The Morgan fingerprint density at radius 1 is 0.897 bits per heavy atom. The van der Waals surface area contributed by atoms with E-state index in [0.717, 1.165) is 4.47 Å². The highest BCUT2D eigenvalue weighted by molar-refractivity contribution is 9.10. The van der Waals surface area contributed by atoms with Crippen LogP contribution in [0, 0.1) is 0 Å². The molecule has 0 spiro atoms. The molecule has 0 amide bonds. The van der Waals surface area contributed by atoms with Gasteiger partial charge in [0.2, 0.25) is 0 Å². The van der Waals surface area contributed by atoms with Gasteiger partial charge in [-0.2, -0.15) is 9.78 Å². The van der Waals surface area contributed by atoms with E-state index in [1.54, 1.807) is 79.9 Å². The van der Waals surface area contributed by atoms with Gasteiger partial charge in [0, 0.05) is 10.0 Å². The highest BCUT2D eigenvalue weighted by Gasteiger charge is 2.15. The maximum absolute atomic E-state index is 13.4. The Bertz CT molecular complexity index is 1750. The Labute approximate surface area is 232 Å². The molecule has 0 radical (unpaired) electrons. The summed E-state index contributed by atoms with van der Waals surface area (Å²) < 4.78 is 18.4. The first kappa shape index (κ1) is 25.9. The van der Waals surface area contributed by atoms with E-state index in [0.29, 0.717) is 44.9 Å². The van der Waals surface area contributed by atoms with E-state index in [1.807, 2.05) is 18.2 Å². The zero-order chi connectivity index (χ0) is 27.4. The second-order valence-corrected chi connectivity index (χ2v) is 9.26. The average Bonchev–Trinajstić information content (AvgIpc) is 2.97. The minimum atomic E-state index is -0.514. The second kappa shape index (κ2) is 11.3. The highest BCUT2D eigenvalue weighted by Crippen LogP contribution is 2.29. The van der Waals surface area contributed by atoms with E-state index < -0.39 is 5.97 Å². The number of esters is 1. The molecule has 0 fully saturated rings. The third kappa shape index (κ3) is 5.58. The summed E-state index contributed by atoms with van der Waals surface area (Å²) in [6.45, 7) is 0. The van der Waals surface area contributed by atoms with Crippen molar-refractivity contribution in [3.63, 3.8) is 0 Å². The lowest BCUT2D eigenvalue weighted by Gasteiger charge is -2.11. The molecule has 5 aromatic rings. The molecule has 1 heterocycles. The molecule has 0 aliphatic heterocycles. The first-order chi connectivity index (χ1) is 19.0. The van der Waals surface area contributed by atoms with Crippen molar-refractivity contribution in [3.8, 4) is 28.6 Å². The predicted molar refractivity (Wildman–Crippen MR) is 153 cm³/mol. The van der Waals surface area contributed by atoms with Gasteiger partial charge >= 0.3 is 5.97 Å². The van der Waals surface area contributed by atoms with Crippen LogP contribution in [0.25, 0.3) is 22.3 Å². The number of hydrogen-bond donors (Lipinski definition) is 0. The molecule has 8 nitrogen and oxygen atoms in total. The van der Waals surface area contributed by atoms with E-state index >= 15 is 0 Å². The van der Waals surface area contributed by atoms with Crippen molar-refractivity contribution in [2.24, 2.45) is 5.10 Å². The third-order valence-corrected chi connectivity index (χ3v) is 6.42. The quantitative estimate of drug-likeness (QED) is 0.134. The van der Waals surface area contributed by atoms with Crippen molar-refractivity contribution in [2.75, 3.05) is 14.2 Å². The number of methoxy groups -OCH3 is 2. The molecule has 0 aliphatic rings. The minimum absolute atomic E-state index is 0.256. The van der Waals surface area contributed by atoms with Crippen molar-refractivity contribution >= 4 is 39.0 Å². The van der Waals surface area contributed by atoms with Crippen molar-refractivity contribution in [1.82, 2.24) is 9.66 Å². The molecular formula is C30H22BrN3O5. The highest BCUT2D eigenvalue weighted by atomic mass is 79.9. The van der Waals surface area contributed by atoms with Gasteiger partial charge in [0.15, 0.2) is 17.3 Å². The summed E-state index contributed by atoms with van der Waals surface area (Å²) in [5, 5.41) is 4.93. The van der Waals surface area contributed by atoms with Gasteiger partial charge in [0.05, 0.1) is 36.9 Å². The molecule has 0 N–H and O–H groups in total. The van der Waals surface area contributed by atoms with E-state index in [9.17, 15) is 9.59 Å². The van der Waals surface area contributed by atoms with Crippen LogP contribution in [0.3, 0.4) is 0 Å². The molecule has 39 heavy (non-hydrogen) atoms. The second-order valence-electron chi connectivity index (χ2n) is 8.35. The SMILES string of the molecule is COc1ccc(-c2nc3ccccc3c(=O)n2N=Cc2ccc(OC(=O)c3ccc(Br)cc3)c(OC)c2)cc1. The van der Waals surface area contributed by atoms with Gasteiger partial charge in [-0.05, 0) is 84.4 Å². The van der Waals surface area contributed by atoms with Gasteiger partial charge in [-0.1, -0.05) is 28.1 Å². The summed E-state index contributed by atoms with van der Waals surface area (Å²) >= 11 is 3.35. The Morgan fingerprint density at radius 2 is 1.64 bits per heavy atom. The number of fused-ring (bicyclic) bond motifs is 1. The first-order valence-electron chi connectivity index (χ1n) is 11.8. The van der Waals surface area contributed by atoms with Crippen molar-refractivity contribution in [1.29, 1.82) is 0 Å². The number of nitrogens with zero attached hydrogens (tertiary/aromatic N) is 3. The summed E-state index contributed by atoms with van der Waals surface area (Å²) in [5.74, 6) is 1.14. The van der Waals surface area contributed by atoms with Crippen molar-refractivity contribution in [2.45, 2.75) is 0 Å². The molecule has 0 atom stereocenters. The fourth-order valence-electron chi connectivity index (χ4n) is 3.88. The predicted octanol–water partition coefficient (Wildman–Crippen LogP) is 5.94. The minimum Gasteiger partial charge on any atom is -0.497 e. The van der Waals surface area contributed by atoms with Crippen LogP contribution in [0.5, 0.6) is 17.2 Å². The van der Waals surface area contributed by atoms with Gasteiger partial charge in [-0.25, -0.2) is 9.78 Å². The number of carbonyl (C=O) groups is 1. The number of ether oxygens (including phenoxy) is 3. The van der Waals surface area contributed by atoms with Crippen LogP contribution in [0.1, 0.15) is 15.9 Å². The Balaban J connectivity index is 1.50. The van der Waals surface area contributed by atoms with Crippen LogP contribution in [-0.2, 0) is 0 Å². The van der Waals surface area contributed by atoms with Crippen LogP contribution < -0.4 is 19.8 Å². The third-order valence-electron chi connectivity index (χ3n) is 5.89. The standard InChI is InChI=1S/C30H22BrN3O5/c1-37-23-14-10-20(11-15-23)28-33-25-6-4-3-5-24(25)29(35)34(28)32-18-19-7-16-26(27(17-19)38-2)39-30(36)21-8-12-22(31)13-9-21/h3-18H,1-2H3. The topological polar surface area (TPSA) is 92.0 Å². The van der Waals surface area contributed by atoms with Gasteiger partial charge in [-0.3, -0.25) is 4.79 Å². The summed E-state index contributed by atoms with van der Waals surface area (Å²) in [7, 11) is 3.07. The smallest absolute Gasteiger partial charge is 0.343 e. The molecule has 0 unspecified atom stereocenters. The Kier molecular flexibility index (Phi) is 7.51. The average molecular weight is 584 g/mol. The lowest BCUT2D eigenvalue weighted by atomic mass is 10.2. The molecule has 0 saturated carbocycles. The maximum Gasteiger partial charge on any atom is 0.343 e. The van der Waals surface area contributed by atoms with Gasteiger partial charge < -0.3 is 14.2 Å². The van der Waals surface area contributed by atoms with Crippen LogP contribution in [0.4, 0.5) is 0 Å². The Morgan fingerprint density at radius 3 is 2.36 bits per heavy atom. The normalized spacial score (nSPS) is 11.1. The number of hydrogen-bond acceptors (Lipinski definition) is 7. The fraction of sp³-hybridized carbons (Fsp3) is 0.0667. The van der Waals surface area contributed by atoms with Crippen molar-refractivity contribution in [3.05, 3.63) is 117 Å². The van der Waals surface area contributed by atoms with E-state index in [1.165, 1.54) is 18.0 Å². The summed E-state index contributed by atoms with van der Waals surface area (Å²) in [6, 6.07) is 26.2. The van der Waals surface area contributed by atoms with Gasteiger partial charge in [0.1, 0.15) is 5.75 Å².